The Bertz CT molecular complexity index is 487. The number of nitrogens with zero attached hydrogens (tertiary/aromatic N) is 1. The van der Waals surface area contributed by atoms with Gasteiger partial charge in [0.25, 0.3) is 0 Å². The summed E-state index contributed by atoms with van der Waals surface area (Å²) < 4.78 is 27.2. The Morgan fingerprint density at radius 1 is 1.40 bits per heavy atom. The Morgan fingerprint density at radius 3 is 2.65 bits per heavy atom. The zero-order valence-electron chi connectivity index (χ0n) is 11.5. The van der Waals surface area contributed by atoms with E-state index in [-0.39, 0.29) is 18.2 Å². The molecule has 1 aromatic carbocycles. The molecule has 5 heteroatoms. The van der Waals surface area contributed by atoms with Gasteiger partial charge in [0.15, 0.2) is 0 Å². The molecule has 3 nitrogen and oxygen atoms in total. The van der Waals surface area contributed by atoms with Crippen molar-refractivity contribution in [1.82, 2.24) is 4.90 Å². The van der Waals surface area contributed by atoms with Crippen molar-refractivity contribution in [1.29, 1.82) is 0 Å². The predicted molar refractivity (Wildman–Crippen MR) is 71.4 cm³/mol. The molecule has 110 valence electrons. The van der Waals surface area contributed by atoms with Gasteiger partial charge >= 0.3 is 5.97 Å². The molecule has 1 fully saturated rings. The van der Waals surface area contributed by atoms with Gasteiger partial charge in [0.05, 0.1) is 6.54 Å². The molecule has 20 heavy (non-hydrogen) atoms. The summed E-state index contributed by atoms with van der Waals surface area (Å²) >= 11 is 0. The Hall–Kier alpha value is -1.49. The maximum atomic E-state index is 13.9. The molecule has 1 N–H and O–H groups in total. The first-order valence-corrected chi connectivity index (χ1v) is 6.91. The molecule has 1 aliphatic carbocycles. The summed E-state index contributed by atoms with van der Waals surface area (Å²) in [5.41, 5.74) is 0.221. The Balaban J connectivity index is 2.26. The first-order chi connectivity index (χ1) is 9.49. The number of halogens is 2. The minimum absolute atomic E-state index is 0.128. The van der Waals surface area contributed by atoms with Crippen molar-refractivity contribution in [2.24, 2.45) is 0 Å². The van der Waals surface area contributed by atoms with Crippen LogP contribution in [0.15, 0.2) is 18.2 Å². The maximum Gasteiger partial charge on any atom is 0.317 e. The molecule has 0 amide bonds. The first-order valence-electron chi connectivity index (χ1n) is 6.91. The lowest BCUT2D eigenvalue weighted by Crippen LogP contribution is -2.39. The van der Waals surface area contributed by atoms with Gasteiger partial charge in [0.1, 0.15) is 11.6 Å². The predicted octanol–water partition coefficient (Wildman–Crippen LogP) is 3.36. The molecule has 0 saturated heterocycles. The number of hydrogen-bond donors (Lipinski definition) is 1. The average Bonchev–Trinajstić information content (AvgIpc) is 2.91. The van der Waals surface area contributed by atoms with Gasteiger partial charge in [-0.15, -0.1) is 0 Å². The molecule has 2 rings (SSSR count). The van der Waals surface area contributed by atoms with E-state index in [2.05, 4.69) is 0 Å². The van der Waals surface area contributed by atoms with Crippen LogP contribution in [0.3, 0.4) is 0 Å². The Morgan fingerprint density at radius 2 is 2.05 bits per heavy atom. The highest BCUT2D eigenvalue weighted by Crippen LogP contribution is 2.32. The van der Waals surface area contributed by atoms with Gasteiger partial charge in [-0.25, -0.2) is 8.78 Å². The van der Waals surface area contributed by atoms with Crippen molar-refractivity contribution >= 4 is 5.97 Å². The second-order valence-electron chi connectivity index (χ2n) is 5.35. The fourth-order valence-corrected chi connectivity index (χ4v) is 2.99. The number of aliphatic carboxylic acids is 1. The van der Waals surface area contributed by atoms with Crippen LogP contribution in [0.1, 0.15) is 44.2 Å². The molecule has 0 bridgehead atoms. The van der Waals surface area contributed by atoms with E-state index in [0.717, 1.165) is 43.9 Å². The second kappa shape index (κ2) is 6.31. The standard InChI is InChI=1S/C15H19F2NO2/c1-10(13-8-11(16)6-7-14(13)17)18(9-15(19)20)12-4-2-3-5-12/h6-8,10,12H,2-5,9H2,1H3,(H,19,20). The van der Waals surface area contributed by atoms with Crippen LogP contribution in [0.2, 0.25) is 0 Å². The zero-order chi connectivity index (χ0) is 14.7. The van der Waals surface area contributed by atoms with Crippen LogP contribution >= 0.6 is 0 Å². The van der Waals surface area contributed by atoms with E-state index in [1.54, 1.807) is 11.8 Å². The number of hydrogen-bond acceptors (Lipinski definition) is 2. The van der Waals surface area contributed by atoms with Gasteiger partial charge in [-0.3, -0.25) is 9.69 Å². The lowest BCUT2D eigenvalue weighted by Gasteiger charge is -2.33. The van der Waals surface area contributed by atoms with Gasteiger partial charge in [-0.2, -0.15) is 0 Å². The van der Waals surface area contributed by atoms with Crippen molar-refractivity contribution in [3.8, 4) is 0 Å². The molecule has 0 aliphatic heterocycles. The fraction of sp³-hybridized carbons (Fsp3) is 0.533. The minimum atomic E-state index is -0.944. The molecule has 1 saturated carbocycles. The van der Waals surface area contributed by atoms with E-state index in [1.807, 2.05) is 0 Å². The van der Waals surface area contributed by atoms with Crippen LogP contribution < -0.4 is 0 Å². The van der Waals surface area contributed by atoms with E-state index in [1.165, 1.54) is 0 Å². The summed E-state index contributed by atoms with van der Waals surface area (Å²) in [5.74, 6) is -1.94. The third-order valence-electron chi connectivity index (χ3n) is 4.02. The molecule has 1 atom stereocenters. The molecule has 0 heterocycles. The SMILES string of the molecule is CC(c1cc(F)ccc1F)N(CC(=O)O)C1CCCC1. The average molecular weight is 283 g/mol. The van der Waals surface area contributed by atoms with Crippen LogP contribution in [-0.2, 0) is 4.79 Å². The van der Waals surface area contributed by atoms with Crippen LogP contribution in [0.5, 0.6) is 0 Å². The summed E-state index contributed by atoms with van der Waals surface area (Å²) in [7, 11) is 0. The topological polar surface area (TPSA) is 40.5 Å². The van der Waals surface area contributed by atoms with E-state index >= 15 is 0 Å². The third-order valence-corrected chi connectivity index (χ3v) is 4.02. The molecular formula is C15H19F2NO2. The molecule has 1 unspecified atom stereocenters. The minimum Gasteiger partial charge on any atom is -0.480 e. The molecule has 0 aromatic heterocycles. The highest BCUT2D eigenvalue weighted by atomic mass is 19.1. The monoisotopic (exact) mass is 283 g/mol. The second-order valence-corrected chi connectivity index (χ2v) is 5.35. The van der Waals surface area contributed by atoms with Crippen molar-refractivity contribution in [2.75, 3.05) is 6.54 Å². The lowest BCUT2D eigenvalue weighted by molar-refractivity contribution is -0.139. The first kappa shape index (κ1) is 14.9. The number of carboxylic acids is 1. The van der Waals surface area contributed by atoms with Crippen LogP contribution in [0.25, 0.3) is 0 Å². The van der Waals surface area contributed by atoms with Crippen LogP contribution in [0, 0.1) is 11.6 Å². The highest BCUT2D eigenvalue weighted by Gasteiger charge is 2.30. The molecule has 0 radical (unpaired) electrons. The van der Waals surface area contributed by atoms with E-state index < -0.39 is 23.6 Å². The fourth-order valence-electron chi connectivity index (χ4n) is 2.99. The van der Waals surface area contributed by atoms with Crippen molar-refractivity contribution in [2.45, 2.75) is 44.7 Å². The smallest absolute Gasteiger partial charge is 0.317 e. The van der Waals surface area contributed by atoms with Gasteiger partial charge in [-0.1, -0.05) is 12.8 Å². The molecule has 1 aliphatic rings. The summed E-state index contributed by atoms with van der Waals surface area (Å²) in [5, 5.41) is 9.05. The zero-order valence-corrected chi connectivity index (χ0v) is 11.5. The number of benzene rings is 1. The Labute approximate surface area is 117 Å². The number of rotatable bonds is 5. The van der Waals surface area contributed by atoms with E-state index in [4.69, 9.17) is 5.11 Å². The lowest BCUT2D eigenvalue weighted by atomic mass is 10.0. The number of carboxylic acid groups (broad SMARTS) is 1. The van der Waals surface area contributed by atoms with Gasteiger partial charge in [0, 0.05) is 17.6 Å². The normalized spacial score (nSPS) is 17.6. The molecule has 1 aromatic rings. The summed E-state index contributed by atoms with van der Waals surface area (Å²) in [6, 6.07) is 3.00. The Kier molecular flexibility index (Phi) is 4.70. The van der Waals surface area contributed by atoms with E-state index in [9.17, 15) is 13.6 Å². The summed E-state index contributed by atoms with van der Waals surface area (Å²) in [6.07, 6.45) is 3.93. The quantitative estimate of drug-likeness (QED) is 0.901. The van der Waals surface area contributed by atoms with Crippen molar-refractivity contribution in [3.05, 3.63) is 35.4 Å². The maximum absolute atomic E-state index is 13.9. The van der Waals surface area contributed by atoms with Gasteiger partial charge in [0.2, 0.25) is 0 Å². The van der Waals surface area contributed by atoms with Gasteiger partial charge < -0.3 is 5.11 Å². The van der Waals surface area contributed by atoms with Crippen LogP contribution in [0.4, 0.5) is 8.78 Å². The summed E-state index contributed by atoms with van der Waals surface area (Å²) in [4.78, 5) is 12.8. The highest BCUT2D eigenvalue weighted by molar-refractivity contribution is 5.69. The van der Waals surface area contributed by atoms with Gasteiger partial charge in [-0.05, 0) is 38.0 Å². The van der Waals surface area contributed by atoms with E-state index in [0.29, 0.717) is 0 Å². The molecule has 0 spiro atoms. The number of carbonyl (C=O) groups is 1. The van der Waals surface area contributed by atoms with Crippen molar-refractivity contribution < 1.29 is 18.7 Å². The third kappa shape index (κ3) is 3.33. The molecular weight excluding hydrogens is 264 g/mol. The summed E-state index contributed by atoms with van der Waals surface area (Å²) in [6.45, 7) is 1.58. The largest absolute Gasteiger partial charge is 0.480 e. The van der Waals surface area contributed by atoms with Crippen LogP contribution in [-0.4, -0.2) is 28.6 Å². The van der Waals surface area contributed by atoms with Crippen molar-refractivity contribution in [3.63, 3.8) is 0 Å².